The third-order valence-corrected chi connectivity index (χ3v) is 5.38. The molecule has 0 atom stereocenters. The molecule has 3 rings (SSSR count). The van der Waals surface area contributed by atoms with E-state index < -0.39 is 29.2 Å². The quantitative estimate of drug-likeness (QED) is 0.517. The summed E-state index contributed by atoms with van der Waals surface area (Å²) in [5.74, 6) is -1.71. The Morgan fingerprint density at radius 1 is 1.03 bits per heavy atom. The second-order valence-electron chi connectivity index (χ2n) is 8.70. The molecule has 0 saturated carbocycles. The van der Waals surface area contributed by atoms with Crippen molar-refractivity contribution < 1.29 is 38.1 Å². The monoisotopic (exact) mass is 433 g/mol. The SMILES string of the molecule is COC(=O)c1ccc2c(c1C(=O)OC)OC1(CCN(C(=O)OC(C)(C)C)CC1)CC2=O. The molecule has 168 valence electrons. The van der Waals surface area contributed by atoms with E-state index in [0.29, 0.717) is 25.9 Å². The Hall–Kier alpha value is -3.10. The minimum absolute atomic E-state index is 0.0247. The fourth-order valence-corrected chi connectivity index (χ4v) is 3.84. The van der Waals surface area contributed by atoms with Crippen LogP contribution in [0.3, 0.4) is 0 Å². The van der Waals surface area contributed by atoms with Crippen LogP contribution in [-0.4, -0.2) is 67.2 Å². The zero-order chi connectivity index (χ0) is 23.0. The van der Waals surface area contributed by atoms with E-state index in [4.69, 9.17) is 18.9 Å². The van der Waals surface area contributed by atoms with Crippen molar-refractivity contribution in [1.29, 1.82) is 0 Å². The number of Topliss-reactive ketones (excluding diaryl/α,β-unsaturated/α-hetero) is 1. The van der Waals surface area contributed by atoms with Crippen LogP contribution in [0.4, 0.5) is 4.79 Å². The maximum atomic E-state index is 12.9. The van der Waals surface area contributed by atoms with E-state index in [9.17, 15) is 19.2 Å². The maximum absolute atomic E-state index is 12.9. The molecule has 9 nitrogen and oxygen atoms in total. The van der Waals surface area contributed by atoms with Crippen LogP contribution in [0, 0.1) is 0 Å². The van der Waals surface area contributed by atoms with Gasteiger partial charge in [-0.25, -0.2) is 14.4 Å². The molecule has 1 amide bonds. The molecule has 2 aliphatic rings. The molecule has 2 aliphatic heterocycles. The summed E-state index contributed by atoms with van der Waals surface area (Å²) in [7, 11) is 2.38. The summed E-state index contributed by atoms with van der Waals surface area (Å²) in [6, 6.07) is 2.82. The summed E-state index contributed by atoms with van der Waals surface area (Å²) in [6.45, 7) is 6.06. The van der Waals surface area contributed by atoms with Gasteiger partial charge in [0.25, 0.3) is 0 Å². The lowest BCUT2D eigenvalue weighted by Crippen LogP contribution is -2.53. The normalized spacial score (nSPS) is 17.5. The van der Waals surface area contributed by atoms with Crippen LogP contribution in [0.15, 0.2) is 12.1 Å². The number of benzene rings is 1. The molecule has 1 fully saturated rings. The van der Waals surface area contributed by atoms with Gasteiger partial charge in [-0.3, -0.25) is 4.79 Å². The summed E-state index contributed by atoms with van der Waals surface area (Å²) in [4.78, 5) is 51.5. The predicted octanol–water partition coefficient (Wildman–Crippen LogP) is 2.99. The van der Waals surface area contributed by atoms with Gasteiger partial charge in [-0.15, -0.1) is 0 Å². The molecule has 2 heterocycles. The van der Waals surface area contributed by atoms with Gasteiger partial charge in [0.15, 0.2) is 5.78 Å². The van der Waals surface area contributed by atoms with Gasteiger partial charge in [-0.05, 0) is 32.9 Å². The highest BCUT2D eigenvalue weighted by Crippen LogP contribution is 2.42. The molecule has 1 spiro atoms. The second-order valence-corrected chi connectivity index (χ2v) is 8.70. The van der Waals surface area contributed by atoms with E-state index in [0.717, 1.165) is 0 Å². The van der Waals surface area contributed by atoms with Gasteiger partial charge in [0.05, 0.1) is 31.8 Å². The average Bonchev–Trinajstić information content (AvgIpc) is 2.71. The predicted molar refractivity (Wildman–Crippen MR) is 108 cm³/mol. The van der Waals surface area contributed by atoms with Crippen molar-refractivity contribution in [2.24, 2.45) is 0 Å². The number of rotatable bonds is 2. The van der Waals surface area contributed by atoms with Gasteiger partial charge < -0.3 is 23.8 Å². The number of likely N-dealkylation sites (tertiary alicyclic amines) is 1. The molecule has 1 aromatic carbocycles. The lowest BCUT2D eigenvalue weighted by molar-refractivity contribution is -0.0231. The van der Waals surface area contributed by atoms with E-state index in [1.54, 1.807) is 25.7 Å². The molecule has 9 heteroatoms. The highest BCUT2D eigenvalue weighted by molar-refractivity contribution is 6.10. The summed E-state index contributed by atoms with van der Waals surface area (Å²) in [5, 5.41) is 0. The largest absolute Gasteiger partial charge is 0.485 e. The minimum atomic E-state index is -0.889. The number of ketones is 1. The number of amides is 1. The van der Waals surface area contributed by atoms with Crippen molar-refractivity contribution in [2.75, 3.05) is 27.3 Å². The first kappa shape index (κ1) is 22.6. The number of fused-ring (bicyclic) bond motifs is 1. The Morgan fingerprint density at radius 2 is 1.65 bits per heavy atom. The molecule has 0 unspecified atom stereocenters. The summed E-state index contributed by atoms with van der Waals surface area (Å²) >= 11 is 0. The molecule has 31 heavy (non-hydrogen) atoms. The third kappa shape index (κ3) is 4.50. The molecule has 0 bridgehead atoms. The molecule has 0 radical (unpaired) electrons. The van der Waals surface area contributed by atoms with E-state index in [1.165, 1.54) is 26.4 Å². The highest BCUT2D eigenvalue weighted by atomic mass is 16.6. The number of carbonyl (C=O) groups is 4. The summed E-state index contributed by atoms with van der Waals surface area (Å²) < 4.78 is 21.3. The van der Waals surface area contributed by atoms with Crippen molar-refractivity contribution in [3.05, 3.63) is 28.8 Å². The summed E-state index contributed by atoms with van der Waals surface area (Å²) in [5.41, 5.74) is -1.45. The molecular weight excluding hydrogens is 406 g/mol. The standard InChI is InChI=1S/C22H27NO8/c1-21(2,3)31-20(27)23-10-8-22(9-11-23)12-15(24)13-6-7-14(18(25)28-4)16(17(13)30-22)19(26)29-5/h6-7H,8-12H2,1-5H3. The van der Waals surface area contributed by atoms with Crippen molar-refractivity contribution >= 4 is 23.8 Å². The number of carbonyl (C=O) groups excluding carboxylic acids is 4. The Balaban J connectivity index is 1.91. The molecular formula is C22H27NO8. The first-order chi connectivity index (χ1) is 14.5. The summed E-state index contributed by atoms with van der Waals surface area (Å²) in [6.07, 6.45) is 0.439. The van der Waals surface area contributed by atoms with Gasteiger partial charge >= 0.3 is 18.0 Å². The van der Waals surface area contributed by atoms with Crippen LogP contribution in [0.25, 0.3) is 0 Å². The van der Waals surface area contributed by atoms with Crippen molar-refractivity contribution in [3.63, 3.8) is 0 Å². The van der Waals surface area contributed by atoms with E-state index in [-0.39, 0.29) is 34.6 Å². The number of ether oxygens (including phenoxy) is 4. The van der Waals surface area contributed by atoms with E-state index >= 15 is 0 Å². The zero-order valence-corrected chi connectivity index (χ0v) is 18.4. The molecule has 0 N–H and O–H groups in total. The smallest absolute Gasteiger partial charge is 0.410 e. The minimum Gasteiger partial charge on any atom is -0.485 e. The van der Waals surface area contributed by atoms with Crippen LogP contribution in [0.5, 0.6) is 5.75 Å². The van der Waals surface area contributed by atoms with Gasteiger partial charge in [-0.2, -0.15) is 0 Å². The van der Waals surface area contributed by atoms with Crippen LogP contribution < -0.4 is 4.74 Å². The molecule has 1 aromatic rings. The number of esters is 2. The van der Waals surface area contributed by atoms with Crippen LogP contribution >= 0.6 is 0 Å². The number of nitrogens with zero attached hydrogens (tertiary/aromatic N) is 1. The molecule has 0 aliphatic carbocycles. The van der Waals surface area contributed by atoms with Crippen LogP contribution in [-0.2, 0) is 14.2 Å². The van der Waals surface area contributed by atoms with Gasteiger partial charge in [0.1, 0.15) is 22.5 Å². The van der Waals surface area contributed by atoms with Crippen molar-refractivity contribution in [3.8, 4) is 5.75 Å². The highest BCUT2D eigenvalue weighted by Gasteiger charge is 2.46. The number of methoxy groups -OCH3 is 2. The fraction of sp³-hybridized carbons (Fsp3) is 0.545. The lowest BCUT2D eigenvalue weighted by atomic mass is 9.81. The molecule has 0 aromatic heterocycles. The zero-order valence-electron chi connectivity index (χ0n) is 18.4. The van der Waals surface area contributed by atoms with Gasteiger partial charge in [-0.1, -0.05) is 0 Å². The van der Waals surface area contributed by atoms with E-state index in [2.05, 4.69) is 0 Å². The van der Waals surface area contributed by atoms with Crippen LogP contribution in [0.1, 0.15) is 71.1 Å². The maximum Gasteiger partial charge on any atom is 0.410 e. The molecule has 1 saturated heterocycles. The van der Waals surface area contributed by atoms with Crippen molar-refractivity contribution in [1.82, 2.24) is 4.90 Å². The van der Waals surface area contributed by atoms with Crippen molar-refractivity contribution in [2.45, 2.75) is 51.2 Å². The Labute approximate surface area is 180 Å². The Morgan fingerprint density at radius 3 is 2.19 bits per heavy atom. The topological polar surface area (TPSA) is 108 Å². The Bertz CT molecular complexity index is 922. The second kappa shape index (κ2) is 8.20. The van der Waals surface area contributed by atoms with Gasteiger partial charge in [0.2, 0.25) is 0 Å². The van der Waals surface area contributed by atoms with E-state index in [1.807, 2.05) is 0 Å². The first-order valence-corrected chi connectivity index (χ1v) is 10.0. The lowest BCUT2D eigenvalue weighted by Gasteiger charge is -2.44. The number of hydrogen-bond donors (Lipinski definition) is 0. The third-order valence-electron chi connectivity index (χ3n) is 5.38. The average molecular weight is 433 g/mol. The first-order valence-electron chi connectivity index (χ1n) is 10.0. The number of hydrogen-bond acceptors (Lipinski definition) is 8. The Kier molecular flexibility index (Phi) is 5.98. The van der Waals surface area contributed by atoms with Gasteiger partial charge in [0, 0.05) is 25.9 Å². The van der Waals surface area contributed by atoms with Crippen LogP contribution in [0.2, 0.25) is 0 Å². The fourth-order valence-electron chi connectivity index (χ4n) is 3.84. The number of piperidine rings is 1.